The van der Waals surface area contributed by atoms with Crippen molar-refractivity contribution in [3.8, 4) is 17.0 Å². The highest BCUT2D eigenvalue weighted by Crippen LogP contribution is 2.26. The Kier molecular flexibility index (Phi) is 4.30. The largest absolute Gasteiger partial charge is 0.573 e. The van der Waals surface area contributed by atoms with Gasteiger partial charge in [0, 0.05) is 18.0 Å². The van der Waals surface area contributed by atoms with Crippen molar-refractivity contribution in [3.05, 3.63) is 71.2 Å². The normalized spacial score (nSPS) is 11.7. The number of benzene rings is 1. The third-order valence-electron chi connectivity index (χ3n) is 3.83. The van der Waals surface area contributed by atoms with Gasteiger partial charge >= 0.3 is 12.1 Å². The van der Waals surface area contributed by atoms with Crippen molar-refractivity contribution in [1.29, 1.82) is 0 Å². The van der Waals surface area contributed by atoms with Crippen LogP contribution < -0.4 is 10.5 Å². The molecule has 3 aromatic heterocycles. The third kappa shape index (κ3) is 3.70. The Morgan fingerprint density at radius 1 is 1.07 bits per heavy atom. The van der Waals surface area contributed by atoms with Crippen molar-refractivity contribution >= 4 is 11.2 Å². The fourth-order valence-electron chi connectivity index (χ4n) is 2.65. The number of rotatable bonds is 4. The van der Waals surface area contributed by atoms with Crippen molar-refractivity contribution in [2.45, 2.75) is 12.9 Å². The van der Waals surface area contributed by atoms with Crippen molar-refractivity contribution < 1.29 is 22.3 Å². The molecule has 0 fully saturated rings. The Hall–Kier alpha value is -3.69. The summed E-state index contributed by atoms with van der Waals surface area (Å²) in [5, 5.41) is 0. The molecule has 0 aliphatic rings. The lowest BCUT2D eigenvalue weighted by molar-refractivity contribution is -0.274. The van der Waals surface area contributed by atoms with Crippen LogP contribution in [0.1, 0.15) is 5.69 Å². The Morgan fingerprint density at radius 3 is 2.54 bits per heavy atom. The highest BCUT2D eigenvalue weighted by Gasteiger charge is 2.31. The van der Waals surface area contributed by atoms with E-state index in [1.165, 1.54) is 47.4 Å². The van der Waals surface area contributed by atoms with E-state index < -0.39 is 12.1 Å². The van der Waals surface area contributed by atoms with Crippen LogP contribution in [0.25, 0.3) is 22.5 Å². The number of hydrogen-bond donors (Lipinski definition) is 0. The van der Waals surface area contributed by atoms with E-state index in [0.29, 0.717) is 22.6 Å². The number of pyridine rings is 1. The number of oxazole rings is 1. The second kappa shape index (κ2) is 6.80. The molecule has 3 heterocycles. The second-order valence-corrected chi connectivity index (χ2v) is 5.74. The molecule has 28 heavy (non-hydrogen) atoms. The van der Waals surface area contributed by atoms with E-state index >= 15 is 0 Å². The summed E-state index contributed by atoms with van der Waals surface area (Å²) in [6.07, 6.45) is -0.214. The smallest absolute Gasteiger partial charge is 0.406 e. The number of nitrogens with zero attached hydrogens (tertiary/aromatic N) is 4. The number of ether oxygens (including phenoxy) is 1. The third-order valence-corrected chi connectivity index (χ3v) is 3.83. The molecule has 0 amide bonds. The van der Waals surface area contributed by atoms with Crippen LogP contribution >= 0.6 is 0 Å². The van der Waals surface area contributed by atoms with Crippen LogP contribution in [0.2, 0.25) is 0 Å². The van der Waals surface area contributed by atoms with Crippen molar-refractivity contribution in [2.24, 2.45) is 0 Å². The van der Waals surface area contributed by atoms with E-state index in [0.717, 1.165) is 0 Å². The summed E-state index contributed by atoms with van der Waals surface area (Å²) >= 11 is 0. The first-order chi connectivity index (χ1) is 13.4. The van der Waals surface area contributed by atoms with E-state index in [-0.39, 0.29) is 17.9 Å². The molecule has 0 aliphatic carbocycles. The number of fused-ring (bicyclic) bond motifs is 1. The van der Waals surface area contributed by atoms with Crippen molar-refractivity contribution in [3.63, 3.8) is 0 Å². The molecule has 0 saturated carbocycles. The van der Waals surface area contributed by atoms with E-state index in [1.54, 1.807) is 12.1 Å². The molecule has 1 aromatic carbocycles. The van der Waals surface area contributed by atoms with E-state index in [9.17, 15) is 18.0 Å². The van der Waals surface area contributed by atoms with Gasteiger partial charge in [0.05, 0.1) is 24.1 Å². The standard InChI is InChI=1S/C18H11F3N4O3/c19-18(20,21)28-13-3-1-11(2-4-13)14-5-6-15-16(24-14)25(17(26)27-15)10-12-9-22-7-8-23-12/h1-9H,10H2. The Bertz CT molecular complexity index is 1170. The average molecular weight is 388 g/mol. The minimum atomic E-state index is -4.76. The molecule has 142 valence electrons. The molecule has 0 bridgehead atoms. The number of alkyl halides is 3. The van der Waals surface area contributed by atoms with Crippen LogP contribution in [-0.2, 0) is 6.54 Å². The number of aromatic nitrogens is 4. The molecule has 0 radical (unpaired) electrons. The molecule has 0 saturated heterocycles. The summed E-state index contributed by atoms with van der Waals surface area (Å²) in [6, 6.07) is 8.46. The van der Waals surface area contributed by atoms with E-state index in [2.05, 4.69) is 19.7 Å². The highest BCUT2D eigenvalue weighted by molar-refractivity contribution is 5.73. The average Bonchev–Trinajstić information content (AvgIpc) is 2.97. The van der Waals surface area contributed by atoms with E-state index in [1.807, 2.05) is 0 Å². The lowest BCUT2D eigenvalue weighted by atomic mass is 10.1. The SMILES string of the molecule is O=c1oc2ccc(-c3ccc(OC(F)(F)F)cc3)nc2n1Cc1cnccn1. The summed E-state index contributed by atoms with van der Waals surface area (Å²) in [7, 11) is 0. The molecular formula is C18H11F3N4O3. The summed E-state index contributed by atoms with van der Waals surface area (Å²) in [6.45, 7) is 0.120. The molecule has 4 rings (SSSR count). The predicted molar refractivity (Wildman–Crippen MR) is 91.5 cm³/mol. The summed E-state index contributed by atoms with van der Waals surface area (Å²) < 4.78 is 47.2. The van der Waals surface area contributed by atoms with Crippen LogP contribution in [0.15, 0.2) is 64.2 Å². The minimum absolute atomic E-state index is 0.120. The minimum Gasteiger partial charge on any atom is -0.406 e. The van der Waals surface area contributed by atoms with Gasteiger partial charge in [0.1, 0.15) is 5.75 Å². The van der Waals surface area contributed by atoms with Gasteiger partial charge < -0.3 is 9.15 Å². The monoisotopic (exact) mass is 388 g/mol. The maximum absolute atomic E-state index is 12.3. The molecular weight excluding hydrogens is 377 g/mol. The first-order valence-corrected chi connectivity index (χ1v) is 8.00. The van der Waals surface area contributed by atoms with Gasteiger partial charge in [0.15, 0.2) is 11.2 Å². The molecule has 0 atom stereocenters. The molecule has 0 unspecified atom stereocenters. The van der Waals surface area contributed by atoms with Gasteiger partial charge in [-0.25, -0.2) is 9.78 Å². The van der Waals surface area contributed by atoms with Crippen LogP contribution in [0.5, 0.6) is 5.75 Å². The number of hydrogen-bond acceptors (Lipinski definition) is 6. The maximum Gasteiger partial charge on any atom is 0.573 e. The molecule has 4 aromatic rings. The first kappa shape index (κ1) is 17.7. The van der Waals surface area contributed by atoms with E-state index in [4.69, 9.17) is 4.42 Å². The van der Waals surface area contributed by atoms with Gasteiger partial charge in [-0.15, -0.1) is 13.2 Å². The maximum atomic E-state index is 12.3. The predicted octanol–water partition coefficient (Wildman–Crippen LogP) is 3.39. The fraction of sp³-hybridized carbons (Fsp3) is 0.111. The zero-order chi connectivity index (χ0) is 19.7. The summed E-state index contributed by atoms with van der Waals surface area (Å²) in [4.78, 5) is 24.7. The van der Waals surface area contributed by atoms with Crippen molar-refractivity contribution in [2.75, 3.05) is 0 Å². The summed E-state index contributed by atoms with van der Waals surface area (Å²) in [5.74, 6) is -0.931. The van der Waals surface area contributed by atoms with Crippen LogP contribution in [0.4, 0.5) is 13.2 Å². The van der Waals surface area contributed by atoms with Gasteiger partial charge in [0.25, 0.3) is 0 Å². The van der Waals surface area contributed by atoms with Gasteiger partial charge in [0.2, 0.25) is 0 Å². The fourth-order valence-corrected chi connectivity index (χ4v) is 2.65. The van der Waals surface area contributed by atoms with Gasteiger partial charge in [-0.2, -0.15) is 0 Å². The zero-order valence-electron chi connectivity index (χ0n) is 14.1. The topological polar surface area (TPSA) is 83.0 Å². The molecule has 10 heteroatoms. The lowest BCUT2D eigenvalue weighted by Crippen LogP contribution is -2.17. The Balaban J connectivity index is 1.69. The highest BCUT2D eigenvalue weighted by atomic mass is 19.4. The molecule has 7 nitrogen and oxygen atoms in total. The second-order valence-electron chi connectivity index (χ2n) is 5.74. The Morgan fingerprint density at radius 2 is 1.86 bits per heavy atom. The van der Waals surface area contributed by atoms with Gasteiger partial charge in [-0.05, 0) is 36.4 Å². The Labute approximate surface area is 155 Å². The number of halogens is 3. The van der Waals surface area contributed by atoms with Crippen LogP contribution in [0.3, 0.4) is 0 Å². The molecule has 0 aliphatic heterocycles. The first-order valence-electron chi connectivity index (χ1n) is 8.00. The van der Waals surface area contributed by atoms with Crippen LogP contribution in [0, 0.1) is 0 Å². The van der Waals surface area contributed by atoms with Gasteiger partial charge in [-0.1, -0.05) is 0 Å². The summed E-state index contributed by atoms with van der Waals surface area (Å²) in [5.41, 5.74) is 2.14. The zero-order valence-corrected chi connectivity index (χ0v) is 14.1. The molecule has 0 spiro atoms. The van der Waals surface area contributed by atoms with Crippen LogP contribution in [-0.4, -0.2) is 25.9 Å². The quantitative estimate of drug-likeness (QED) is 0.533. The lowest BCUT2D eigenvalue weighted by Gasteiger charge is -2.09. The van der Waals surface area contributed by atoms with Crippen molar-refractivity contribution in [1.82, 2.24) is 19.5 Å². The van der Waals surface area contributed by atoms with Gasteiger partial charge in [-0.3, -0.25) is 14.5 Å². The molecule has 0 N–H and O–H groups in total.